The third-order valence-electron chi connectivity index (χ3n) is 2.62. The fraction of sp³-hybridized carbons (Fsp3) is 0.462. The Kier molecular flexibility index (Phi) is 5.79. The van der Waals surface area contributed by atoms with Crippen LogP contribution in [0.2, 0.25) is 5.02 Å². The summed E-state index contributed by atoms with van der Waals surface area (Å²) in [6.07, 6.45) is 1.68. The average molecular weight is 274 g/mol. The molecular weight excluding hydrogens is 257 g/mol. The first kappa shape index (κ1) is 14.3. The Morgan fingerprint density at radius 1 is 1.47 bits per heavy atom. The van der Waals surface area contributed by atoms with Crippen molar-refractivity contribution in [2.75, 3.05) is 6.54 Å². The zero-order valence-corrected chi connectivity index (χ0v) is 11.6. The molecule has 1 aromatic rings. The molecule has 94 valence electrons. The van der Waals surface area contributed by atoms with Crippen LogP contribution in [0.15, 0.2) is 18.2 Å². The summed E-state index contributed by atoms with van der Waals surface area (Å²) in [7, 11) is 0. The number of halogens is 2. The van der Waals surface area contributed by atoms with E-state index in [9.17, 15) is 4.79 Å². The highest BCUT2D eigenvalue weighted by Gasteiger charge is 2.11. The van der Waals surface area contributed by atoms with E-state index in [1.165, 1.54) is 0 Å². The number of amides is 1. The fourth-order valence-corrected chi connectivity index (χ4v) is 1.79. The SMILES string of the molecule is CCC(Cl)CCNC(=O)c1cccc(C)c1Cl. The first-order valence-electron chi connectivity index (χ1n) is 5.73. The summed E-state index contributed by atoms with van der Waals surface area (Å²) in [5.41, 5.74) is 1.43. The molecule has 1 rings (SSSR count). The molecule has 0 aliphatic carbocycles. The van der Waals surface area contributed by atoms with Crippen molar-refractivity contribution in [3.8, 4) is 0 Å². The van der Waals surface area contributed by atoms with Gasteiger partial charge in [0.2, 0.25) is 0 Å². The smallest absolute Gasteiger partial charge is 0.252 e. The van der Waals surface area contributed by atoms with Crippen molar-refractivity contribution in [2.45, 2.75) is 32.1 Å². The van der Waals surface area contributed by atoms with Gasteiger partial charge in [0.1, 0.15) is 0 Å². The van der Waals surface area contributed by atoms with E-state index < -0.39 is 0 Å². The number of aryl methyl sites for hydroxylation is 1. The molecular formula is C13H17Cl2NO. The van der Waals surface area contributed by atoms with Gasteiger partial charge in [-0.1, -0.05) is 30.7 Å². The van der Waals surface area contributed by atoms with E-state index in [4.69, 9.17) is 23.2 Å². The third kappa shape index (κ3) is 4.21. The number of carbonyl (C=O) groups is 1. The van der Waals surface area contributed by atoms with E-state index in [-0.39, 0.29) is 11.3 Å². The molecule has 1 N–H and O–H groups in total. The van der Waals surface area contributed by atoms with Gasteiger partial charge in [-0.25, -0.2) is 0 Å². The van der Waals surface area contributed by atoms with Gasteiger partial charge in [-0.2, -0.15) is 0 Å². The van der Waals surface area contributed by atoms with E-state index in [1.54, 1.807) is 6.07 Å². The molecule has 0 spiro atoms. The van der Waals surface area contributed by atoms with Gasteiger partial charge in [-0.15, -0.1) is 11.6 Å². The molecule has 2 nitrogen and oxygen atoms in total. The molecule has 1 atom stereocenters. The Morgan fingerprint density at radius 3 is 2.82 bits per heavy atom. The molecule has 0 radical (unpaired) electrons. The Labute approximate surface area is 112 Å². The molecule has 17 heavy (non-hydrogen) atoms. The van der Waals surface area contributed by atoms with Crippen molar-refractivity contribution in [3.05, 3.63) is 34.3 Å². The van der Waals surface area contributed by atoms with Gasteiger partial charge in [0, 0.05) is 11.9 Å². The van der Waals surface area contributed by atoms with Gasteiger partial charge < -0.3 is 5.32 Å². The van der Waals surface area contributed by atoms with Crippen molar-refractivity contribution in [3.63, 3.8) is 0 Å². The van der Waals surface area contributed by atoms with Gasteiger partial charge in [-0.05, 0) is 31.4 Å². The summed E-state index contributed by atoms with van der Waals surface area (Å²) in [5, 5.41) is 3.46. The van der Waals surface area contributed by atoms with E-state index in [0.29, 0.717) is 17.1 Å². The highest BCUT2D eigenvalue weighted by Crippen LogP contribution is 2.20. The maximum Gasteiger partial charge on any atom is 0.252 e. The summed E-state index contributed by atoms with van der Waals surface area (Å²) in [4.78, 5) is 11.8. The van der Waals surface area contributed by atoms with Crippen molar-refractivity contribution in [1.29, 1.82) is 0 Å². The van der Waals surface area contributed by atoms with Crippen LogP contribution in [0, 0.1) is 6.92 Å². The minimum absolute atomic E-state index is 0.114. The molecule has 0 aliphatic rings. The average Bonchev–Trinajstić information content (AvgIpc) is 2.32. The molecule has 0 bridgehead atoms. The van der Waals surface area contributed by atoms with E-state index in [2.05, 4.69) is 5.32 Å². The highest BCUT2D eigenvalue weighted by atomic mass is 35.5. The van der Waals surface area contributed by atoms with Crippen molar-refractivity contribution >= 4 is 29.1 Å². The molecule has 0 saturated heterocycles. The Morgan fingerprint density at radius 2 is 2.18 bits per heavy atom. The minimum atomic E-state index is -0.140. The van der Waals surface area contributed by atoms with Gasteiger partial charge in [0.15, 0.2) is 0 Å². The van der Waals surface area contributed by atoms with E-state index >= 15 is 0 Å². The molecule has 0 fully saturated rings. The van der Waals surface area contributed by atoms with Crippen LogP contribution >= 0.6 is 23.2 Å². The van der Waals surface area contributed by atoms with Gasteiger partial charge in [0.25, 0.3) is 5.91 Å². The van der Waals surface area contributed by atoms with Crippen LogP contribution in [0.4, 0.5) is 0 Å². The standard InChI is InChI=1S/C13H17Cl2NO/c1-3-10(14)7-8-16-13(17)11-6-4-5-9(2)12(11)15/h4-6,10H,3,7-8H2,1-2H3,(H,16,17). The lowest BCUT2D eigenvalue weighted by Gasteiger charge is -2.09. The first-order valence-corrected chi connectivity index (χ1v) is 6.55. The quantitative estimate of drug-likeness (QED) is 0.813. The molecule has 4 heteroatoms. The summed E-state index contributed by atoms with van der Waals surface area (Å²) < 4.78 is 0. The maximum atomic E-state index is 11.8. The fourth-order valence-electron chi connectivity index (χ4n) is 1.46. The monoisotopic (exact) mass is 273 g/mol. The topological polar surface area (TPSA) is 29.1 Å². The molecule has 0 aromatic heterocycles. The van der Waals surface area contributed by atoms with Gasteiger partial charge in [0.05, 0.1) is 10.6 Å². The second kappa shape index (κ2) is 6.87. The van der Waals surface area contributed by atoms with Crippen molar-refractivity contribution in [1.82, 2.24) is 5.32 Å². The van der Waals surface area contributed by atoms with Crippen LogP contribution in [-0.2, 0) is 0 Å². The number of hydrogen-bond acceptors (Lipinski definition) is 1. The summed E-state index contributed by atoms with van der Waals surface area (Å²) in [5.74, 6) is -0.140. The second-order valence-electron chi connectivity index (χ2n) is 3.99. The molecule has 0 aliphatic heterocycles. The number of carbonyl (C=O) groups excluding carboxylic acids is 1. The highest BCUT2D eigenvalue weighted by molar-refractivity contribution is 6.34. The van der Waals surface area contributed by atoms with Crippen LogP contribution in [0.25, 0.3) is 0 Å². The zero-order valence-electron chi connectivity index (χ0n) is 10.1. The van der Waals surface area contributed by atoms with E-state index in [0.717, 1.165) is 18.4 Å². The maximum absolute atomic E-state index is 11.8. The third-order valence-corrected chi connectivity index (χ3v) is 3.65. The lowest BCUT2D eigenvalue weighted by molar-refractivity contribution is 0.0953. The molecule has 1 aromatic carbocycles. The van der Waals surface area contributed by atoms with Crippen molar-refractivity contribution in [2.24, 2.45) is 0 Å². The van der Waals surface area contributed by atoms with Crippen LogP contribution in [-0.4, -0.2) is 17.8 Å². The predicted octanol–water partition coefficient (Wildman–Crippen LogP) is 3.79. The largest absolute Gasteiger partial charge is 0.352 e. The Balaban J connectivity index is 2.56. The summed E-state index contributed by atoms with van der Waals surface area (Å²) in [6, 6.07) is 5.43. The van der Waals surface area contributed by atoms with Crippen molar-refractivity contribution < 1.29 is 4.79 Å². The van der Waals surface area contributed by atoms with Crippen LogP contribution in [0.1, 0.15) is 35.7 Å². The minimum Gasteiger partial charge on any atom is -0.352 e. The molecule has 1 amide bonds. The van der Waals surface area contributed by atoms with Gasteiger partial charge in [-0.3, -0.25) is 4.79 Å². The number of benzene rings is 1. The Hall–Kier alpha value is -0.730. The normalized spacial score (nSPS) is 12.2. The predicted molar refractivity (Wildman–Crippen MR) is 73.1 cm³/mol. The number of nitrogens with one attached hydrogen (secondary N) is 1. The van der Waals surface area contributed by atoms with Crippen LogP contribution < -0.4 is 5.32 Å². The zero-order chi connectivity index (χ0) is 12.8. The van der Waals surface area contributed by atoms with Crippen LogP contribution in [0.5, 0.6) is 0 Å². The Bertz CT molecular complexity index is 393. The summed E-state index contributed by atoms with van der Waals surface area (Å²) in [6.45, 7) is 4.48. The molecule has 1 unspecified atom stereocenters. The number of rotatable bonds is 5. The van der Waals surface area contributed by atoms with E-state index in [1.807, 2.05) is 26.0 Å². The lowest BCUT2D eigenvalue weighted by Crippen LogP contribution is -2.26. The lowest BCUT2D eigenvalue weighted by atomic mass is 10.1. The van der Waals surface area contributed by atoms with Crippen LogP contribution in [0.3, 0.4) is 0 Å². The van der Waals surface area contributed by atoms with Gasteiger partial charge >= 0.3 is 0 Å². The second-order valence-corrected chi connectivity index (χ2v) is 4.98. The number of hydrogen-bond donors (Lipinski definition) is 1. The summed E-state index contributed by atoms with van der Waals surface area (Å²) >= 11 is 12.0. The number of alkyl halides is 1. The molecule has 0 saturated carbocycles. The molecule has 0 heterocycles. The first-order chi connectivity index (χ1) is 8.06.